The van der Waals surface area contributed by atoms with Crippen LogP contribution in [0.25, 0.3) is 0 Å². The second-order valence-electron chi connectivity index (χ2n) is 6.50. The standard InChI is InChI=1S/C15H19IN6O/c17-6-2-12(23)22-9-5-15(22)4-1-8-21(10-15)14-11-3-7-18-13(11)19-16-20-14/h3,7,11,14H,1-2,4-5,8-10H2,(H,18,19,20). The number of piperidine rings is 1. The number of rotatable bonds is 2. The number of hydrogen-bond donors (Lipinski definition) is 1. The van der Waals surface area contributed by atoms with Crippen molar-refractivity contribution in [1.29, 1.82) is 5.26 Å². The third-order valence-corrected chi connectivity index (χ3v) is 6.94. The lowest BCUT2D eigenvalue weighted by Crippen LogP contribution is -2.69. The number of carbonyl (C=O) groups is 1. The third kappa shape index (κ3) is 2.50. The fourth-order valence-corrected chi connectivity index (χ4v) is 5.95. The number of amidine groups is 1. The van der Waals surface area contributed by atoms with E-state index >= 15 is 0 Å². The van der Waals surface area contributed by atoms with Crippen LogP contribution < -0.4 is 3.53 Å². The predicted molar refractivity (Wildman–Crippen MR) is 93.5 cm³/mol. The summed E-state index contributed by atoms with van der Waals surface area (Å²) in [6, 6.07) is 1.99. The van der Waals surface area contributed by atoms with Gasteiger partial charge in [0.1, 0.15) is 39.7 Å². The van der Waals surface area contributed by atoms with Gasteiger partial charge in [-0.25, -0.2) is 8.14 Å². The normalized spacial score (nSPS) is 35.6. The van der Waals surface area contributed by atoms with Gasteiger partial charge in [-0.3, -0.25) is 9.69 Å². The summed E-state index contributed by atoms with van der Waals surface area (Å²) in [7, 11) is 0. The van der Waals surface area contributed by atoms with Crippen molar-refractivity contribution < 1.29 is 4.79 Å². The Balaban J connectivity index is 1.52. The number of likely N-dealkylation sites (tertiary alicyclic amines) is 2. The average Bonchev–Trinajstić information content (AvgIpc) is 3.02. The summed E-state index contributed by atoms with van der Waals surface area (Å²) in [6.45, 7) is 2.69. The van der Waals surface area contributed by atoms with Crippen LogP contribution in [0.3, 0.4) is 0 Å². The van der Waals surface area contributed by atoms with E-state index in [0.717, 1.165) is 44.7 Å². The molecule has 2 fully saturated rings. The molecule has 4 heterocycles. The van der Waals surface area contributed by atoms with E-state index in [0.29, 0.717) is 0 Å². The van der Waals surface area contributed by atoms with Crippen LogP contribution in [-0.4, -0.2) is 52.9 Å². The van der Waals surface area contributed by atoms with Crippen LogP contribution in [0, 0.1) is 17.2 Å². The van der Waals surface area contributed by atoms with Crippen molar-refractivity contribution in [1.82, 2.24) is 13.3 Å². The van der Waals surface area contributed by atoms with Gasteiger partial charge in [-0.05, 0) is 19.3 Å². The summed E-state index contributed by atoms with van der Waals surface area (Å²) in [5, 5.41) is 8.80. The predicted octanol–water partition coefficient (Wildman–Crippen LogP) is 1.51. The Hall–Kier alpha value is -1.34. The molecule has 23 heavy (non-hydrogen) atoms. The molecule has 0 radical (unpaired) electrons. The van der Waals surface area contributed by atoms with Crippen molar-refractivity contribution in [3.8, 4) is 6.07 Å². The highest BCUT2D eigenvalue weighted by Gasteiger charge is 2.51. The van der Waals surface area contributed by atoms with Crippen LogP contribution in [0.1, 0.15) is 25.7 Å². The van der Waals surface area contributed by atoms with Crippen molar-refractivity contribution in [3.05, 3.63) is 12.3 Å². The Bertz CT molecular complexity index is 653. The van der Waals surface area contributed by atoms with Gasteiger partial charge in [-0.2, -0.15) is 5.26 Å². The first-order valence-corrected chi connectivity index (χ1v) is 10.0. The van der Waals surface area contributed by atoms with E-state index in [2.05, 4.69) is 19.5 Å². The Morgan fingerprint density at radius 1 is 1.52 bits per heavy atom. The zero-order valence-corrected chi connectivity index (χ0v) is 14.9. The molecular formula is C15H19IN6O. The Labute approximate surface area is 145 Å². The van der Waals surface area contributed by atoms with Crippen LogP contribution in [0.4, 0.5) is 0 Å². The fraction of sp³-hybridized carbons (Fsp3) is 0.667. The third-order valence-electron chi connectivity index (χ3n) is 5.30. The molecule has 4 aliphatic rings. The van der Waals surface area contributed by atoms with Gasteiger partial charge in [-0.1, -0.05) is 6.08 Å². The molecule has 0 aromatic rings. The molecular weight excluding hydrogens is 407 g/mol. The quantitative estimate of drug-likeness (QED) is 0.536. The number of hydrogen-bond acceptors (Lipinski definition) is 6. The topological polar surface area (TPSA) is 84.1 Å². The van der Waals surface area contributed by atoms with Crippen molar-refractivity contribution in [2.45, 2.75) is 37.4 Å². The molecule has 3 atom stereocenters. The molecule has 122 valence electrons. The molecule has 0 bridgehead atoms. The van der Waals surface area contributed by atoms with Crippen LogP contribution in [0.5, 0.6) is 0 Å². The zero-order valence-electron chi connectivity index (χ0n) is 12.8. The number of fused-ring (bicyclic) bond motifs is 1. The maximum Gasteiger partial charge on any atom is 0.237 e. The van der Waals surface area contributed by atoms with Crippen LogP contribution in [0.2, 0.25) is 0 Å². The fourth-order valence-electron chi connectivity index (χ4n) is 4.08. The number of nitrogens with zero attached hydrogens (tertiary/aromatic N) is 5. The number of carbonyl (C=O) groups excluding carboxylic acids is 1. The van der Waals surface area contributed by atoms with E-state index in [1.807, 2.05) is 17.2 Å². The summed E-state index contributed by atoms with van der Waals surface area (Å²) >= 11 is -0.395. The van der Waals surface area contributed by atoms with Crippen molar-refractivity contribution in [2.75, 3.05) is 19.6 Å². The van der Waals surface area contributed by atoms with E-state index in [4.69, 9.17) is 8.41 Å². The number of nitriles is 1. The van der Waals surface area contributed by atoms with Crippen molar-refractivity contribution in [3.63, 3.8) is 0 Å². The lowest BCUT2D eigenvalue weighted by Gasteiger charge is -2.58. The minimum atomic E-state index is -0.395. The zero-order chi connectivity index (χ0) is 15.9. The molecule has 1 amide bonds. The molecule has 8 heteroatoms. The molecule has 0 aromatic carbocycles. The van der Waals surface area contributed by atoms with Gasteiger partial charge >= 0.3 is 0 Å². The van der Waals surface area contributed by atoms with Gasteiger partial charge in [0.15, 0.2) is 0 Å². The molecule has 3 unspecified atom stereocenters. The molecule has 0 saturated carbocycles. The van der Waals surface area contributed by atoms with E-state index in [-0.39, 0.29) is 30.0 Å². The molecule has 2 saturated heterocycles. The maximum absolute atomic E-state index is 12.2. The highest BCUT2D eigenvalue weighted by atomic mass is 127. The van der Waals surface area contributed by atoms with Crippen LogP contribution in [-0.2, 0) is 4.79 Å². The Kier molecular flexibility index (Phi) is 3.93. The smallest absolute Gasteiger partial charge is 0.237 e. The second-order valence-corrected chi connectivity index (χ2v) is 8.08. The lowest BCUT2D eigenvalue weighted by atomic mass is 9.77. The van der Waals surface area contributed by atoms with Crippen LogP contribution >= 0.6 is 21.3 Å². The SMILES string of the molecule is N#CCC(=O)N1CCC12CCCN(C1N=INC3=NC=CC31)C2. The number of aliphatic imine (C=N–C) groups is 1. The first-order chi connectivity index (χ1) is 11.2. The van der Waals surface area contributed by atoms with Gasteiger partial charge < -0.3 is 8.43 Å². The summed E-state index contributed by atoms with van der Waals surface area (Å²) in [6.07, 6.45) is 7.32. The number of halogens is 1. The van der Waals surface area contributed by atoms with Gasteiger partial charge in [0.2, 0.25) is 5.91 Å². The average molecular weight is 426 g/mol. The molecule has 0 aromatic heterocycles. The molecule has 0 aliphatic carbocycles. The Morgan fingerprint density at radius 3 is 3.22 bits per heavy atom. The number of nitrogens with one attached hydrogen (secondary N) is 1. The maximum atomic E-state index is 12.2. The number of amides is 1. The minimum Gasteiger partial charge on any atom is -0.335 e. The van der Waals surface area contributed by atoms with E-state index < -0.39 is 21.3 Å². The molecule has 1 N–H and O–H groups in total. The van der Waals surface area contributed by atoms with Crippen molar-refractivity contribution in [2.24, 2.45) is 14.1 Å². The van der Waals surface area contributed by atoms with Gasteiger partial charge in [0, 0.05) is 25.8 Å². The largest absolute Gasteiger partial charge is 0.335 e. The molecule has 4 aliphatic heterocycles. The summed E-state index contributed by atoms with van der Waals surface area (Å²) in [4.78, 5) is 21.0. The first kappa shape index (κ1) is 15.2. The highest BCUT2D eigenvalue weighted by molar-refractivity contribution is 14.1. The van der Waals surface area contributed by atoms with Gasteiger partial charge in [0.05, 0.1) is 17.5 Å². The van der Waals surface area contributed by atoms with E-state index in [1.54, 1.807) is 0 Å². The highest BCUT2D eigenvalue weighted by Crippen LogP contribution is 2.41. The second kappa shape index (κ2) is 5.94. The first-order valence-electron chi connectivity index (χ1n) is 7.99. The monoisotopic (exact) mass is 426 g/mol. The van der Waals surface area contributed by atoms with Crippen molar-refractivity contribution >= 4 is 33.0 Å². The lowest BCUT2D eigenvalue weighted by molar-refractivity contribution is -0.153. The summed E-state index contributed by atoms with van der Waals surface area (Å²) in [5.41, 5.74) is -0.0650. The molecule has 7 nitrogen and oxygen atoms in total. The minimum absolute atomic E-state index is 0.00683. The summed E-state index contributed by atoms with van der Waals surface area (Å²) < 4.78 is 8.21. The summed E-state index contributed by atoms with van der Waals surface area (Å²) in [5.74, 6) is 1.28. The van der Waals surface area contributed by atoms with Crippen LogP contribution in [0.15, 0.2) is 20.4 Å². The Morgan fingerprint density at radius 2 is 2.43 bits per heavy atom. The molecule has 1 spiro atoms. The van der Waals surface area contributed by atoms with Gasteiger partial charge in [-0.15, -0.1) is 0 Å². The van der Waals surface area contributed by atoms with E-state index in [9.17, 15) is 4.79 Å². The molecule has 4 rings (SSSR count). The van der Waals surface area contributed by atoms with E-state index in [1.165, 1.54) is 0 Å². The van der Waals surface area contributed by atoms with Gasteiger partial charge in [0.25, 0.3) is 0 Å².